The zero-order chi connectivity index (χ0) is 13.6. The molecule has 0 bridgehead atoms. The number of rotatable bonds is 6. The molecule has 100 valence electrons. The van der Waals surface area contributed by atoms with Crippen molar-refractivity contribution in [3.63, 3.8) is 0 Å². The quantitative estimate of drug-likeness (QED) is 0.796. The van der Waals surface area contributed by atoms with Crippen molar-refractivity contribution in [2.45, 2.75) is 26.7 Å². The molecule has 18 heavy (non-hydrogen) atoms. The topological polar surface area (TPSA) is 29.1 Å². The highest BCUT2D eigenvalue weighted by Gasteiger charge is 2.18. The summed E-state index contributed by atoms with van der Waals surface area (Å²) in [5.41, 5.74) is 0.566. The van der Waals surface area contributed by atoms with E-state index in [1.807, 2.05) is 0 Å². The number of benzene rings is 1. The first kappa shape index (κ1) is 15.2. The standard InChI is InChI=1S/C14H19BrFNO/c1-14(2,8-3-9-15)10-17-13(18)11-4-6-12(16)7-5-11/h4-7H,3,8-10H2,1-2H3,(H,17,18). The van der Waals surface area contributed by atoms with E-state index in [0.29, 0.717) is 12.1 Å². The molecular weight excluding hydrogens is 297 g/mol. The Hall–Kier alpha value is -0.900. The summed E-state index contributed by atoms with van der Waals surface area (Å²) in [6.07, 6.45) is 2.13. The second-order valence-corrected chi connectivity index (χ2v) is 5.94. The van der Waals surface area contributed by atoms with Crippen LogP contribution in [-0.4, -0.2) is 17.8 Å². The number of carbonyl (C=O) groups excluding carboxylic acids is 1. The van der Waals surface area contributed by atoms with Crippen molar-refractivity contribution < 1.29 is 9.18 Å². The van der Waals surface area contributed by atoms with Crippen LogP contribution < -0.4 is 5.32 Å². The summed E-state index contributed by atoms with van der Waals surface area (Å²) in [6.45, 7) is 4.87. The molecule has 1 N–H and O–H groups in total. The summed E-state index contributed by atoms with van der Waals surface area (Å²) in [7, 11) is 0. The molecule has 0 saturated heterocycles. The Bertz CT molecular complexity index is 389. The molecule has 0 atom stereocenters. The van der Waals surface area contributed by atoms with E-state index in [4.69, 9.17) is 0 Å². The molecule has 0 fully saturated rings. The van der Waals surface area contributed by atoms with Crippen LogP contribution in [0.3, 0.4) is 0 Å². The summed E-state index contributed by atoms with van der Waals surface area (Å²) < 4.78 is 12.7. The van der Waals surface area contributed by atoms with Gasteiger partial charge in [0.15, 0.2) is 0 Å². The third-order valence-corrected chi connectivity index (χ3v) is 3.38. The van der Waals surface area contributed by atoms with Gasteiger partial charge in [-0.2, -0.15) is 0 Å². The zero-order valence-electron chi connectivity index (χ0n) is 10.8. The second-order valence-electron chi connectivity index (χ2n) is 5.15. The molecule has 0 aliphatic heterocycles. The molecule has 1 aromatic carbocycles. The smallest absolute Gasteiger partial charge is 0.251 e. The second kappa shape index (κ2) is 6.88. The molecule has 2 nitrogen and oxygen atoms in total. The molecule has 0 aliphatic rings. The lowest BCUT2D eigenvalue weighted by Crippen LogP contribution is -2.34. The van der Waals surface area contributed by atoms with Crippen LogP contribution >= 0.6 is 15.9 Å². The van der Waals surface area contributed by atoms with E-state index in [0.717, 1.165) is 18.2 Å². The number of hydrogen-bond acceptors (Lipinski definition) is 1. The van der Waals surface area contributed by atoms with Crippen LogP contribution in [0.2, 0.25) is 0 Å². The summed E-state index contributed by atoms with van der Waals surface area (Å²) in [4.78, 5) is 11.8. The minimum absolute atomic E-state index is 0.0729. The minimum Gasteiger partial charge on any atom is -0.352 e. The normalized spacial score (nSPS) is 11.3. The van der Waals surface area contributed by atoms with Crippen molar-refractivity contribution in [1.29, 1.82) is 0 Å². The molecule has 4 heteroatoms. The average Bonchev–Trinajstić information content (AvgIpc) is 2.35. The molecule has 1 amide bonds. The maximum atomic E-state index is 12.7. The van der Waals surface area contributed by atoms with Crippen LogP contribution in [0.4, 0.5) is 4.39 Å². The fraction of sp³-hybridized carbons (Fsp3) is 0.500. The first-order valence-corrected chi connectivity index (χ1v) is 7.16. The van der Waals surface area contributed by atoms with Crippen molar-refractivity contribution in [2.75, 3.05) is 11.9 Å². The lowest BCUT2D eigenvalue weighted by molar-refractivity contribution is 0.0934. The molecule has 0 aliphatic carbocycles. The molecule has 0 spiro atoms. The van der Waals surface area contributed by atoms with Gasteiger partial charge in [0.1, 0.15) is 5.82 Å². The highest BCUT2D eigenvalue weighted by atomic mass is 79.9. The predicted molar refractivity (Wildman–Crippen MR) is 75.5 cm³/mol. The molecule has 0 unspecified atom stereocenters. The van der Waals surface area contributed by atoms with E-state index >= 15 is 0 Å². The van der Waals surface area contributed by atoms with Gasteiger partial charge in [-0.1, -0.05) is 29.8 Å². The Morgan fingerprint density at radius 1 is 1.33 bits per heavy atom. The first-order chi connectivity index (χ1) is 8.44. The SMILES string of the molecule is CC(C)(CCCBr)CNC(=O)c1ccc(F)cc1. The van der Waals surface area contributed by atoms with E-state index in [2.05, 4.69) is 35.1 Å². The van der Waals surface area contributed by atoms with Crippen molar-refractivity contribution in [1.82, 2.24) is 5.32 Å². The van der Waals surface area contributed by atoms with E-state index < -0.39 is 0 Å². The summed E-state index contributed by atoms with van der Waals surface area (Å²) in [5.74, 6) is -0.480. The van der Waals surface area contributed by atoms with Crippen molar-refractivity contribution in [3.8, 4) is 0 Å². The third kappa shape index (κ3) is 5.17. The minimum atomic E-state index is -0.329. The van der Waals surface area contributed by atoms with Crippen molar-refractivity contribution >= 4 is 21.8 Å². The van der Waals surface area contributed by atoms with Crippen LogP contribution in [0.15, 0.2) is 24.3 Å². The Labute approximate surface area is 116 Å². The highest BCUT2D eigenvalue weighted by molar-refractivity contribution is 9.09. The molecule has 0 heterocycles. The van der Waals surface area contributed by atoms with Crippen LogP contribution in [0.1, 0.15) is 37.0 Å². The molecule has 1 rings (SSSR count). The largest absolute Gasteiger partial charge is 0.352 e. The van der Waals surface area contributed by atoms with E-state index in [9.17, 15) is 9.18 Å². The van der Waals surface area contributed by atoms with Crippen molar-refractivity contribution in [3.05, 3.63) is 35.6 Å². The fourth-order valence-corrected chi connectivity index (χ4v) is 1.94. The summed E-state index contributed by atoms with van der Waals surface area (Å²) >= 11 is 3.40. The maximum Gasteiger partial charge on any atom is 0.251 e. The zero-order valence-corrected chi connectivity index (χ0v) is 12.4. The first-order valence-electron chi connectivity index (χ1n) is 6.04. The third-order valence-electron chi connectivity index (χ3n) is 2.82. The van der Waals surface area contributed by atoms with Gasteiger partial charge in [-0.15, -0.1) is 0 Å². The Morgan fingerprint density at radius 3 is 2.50 bits per heavy atom. The number of hydrogen-bond donors (Lipinski definition) is 1. The summed E-state index contributed by atoms with van der Waals surface area (Å²) in [5, 5.41) is 3.87. The predicted octanol–water partition coefficient (Wildman–Crippen LogP) is 3.76. The molecule has 0 saturated carbocycles. The van der Waals surface area contributed by atoms with Gasteiger partial charge < -0.3 is 5.32 Å². The van der Waals surface area contributed by atoms with Gasteiger partial charge in [-0.3, -0.25) is 4.79 Å². The van der Waals surface area contributed by atoms with Crippen LogP contribution in [0, 0.1) is 11.2 Å². The van der Waals surface area contributed by atoms with E-state index in [1.165, 1.54) is 24.3 Å². The van der Waals surface area contributed by atoms with Crippen LogP contribution in [0.25, 0.3) is 0 Å². The highest BCUT2D eigenvalue weighted by Crippen LogP contribution is 2.21. The average molecular weight is 316 g/mol. The monoisotopic (exact) mass is 315 g/mol. The Kier molecular flexibility index (Phi) is 5.79. The molecular formula is C14H19BrFNO. The van der Waals surface area contributed by atoms with E-state index in [-0.39, 0.29) is 17.1 Å². The Balaban J connectivity index is 2.48. The van der Waals surface area contributed by atoms with Gasteiger partial charge in [-0.05, 0) is 42.5 Å². The number of nitrogens with one attached hydrogen (secondary N) is 1. The number of halogens is 2. The van der Waals surface area contributed by atoms with E-state index in [1.54, 1.807) is 0 Å². The maximum absolute atomic E-state index is 12.7. The van der Waals surface area contributed by atoms with Gasteiger partial charge in [0.25, 0.3) is 5.91 Å². The van der Waals surface area contributed by atoms with Gasteiger partial charge >= 0.3 is 0 Å². The van der Waals surface area contributed by atoms with Gasteiger partial charge in [-0.25, -0.2) is 4.39 Å². The Morgan fingerprint density at radius 2 is 1.94 bits per heavy atom. The lowest BCUT2D eigenvalue weighted by atomic mass is 9.88. The number of carbonyl (C=O) groups is 1. The van der Waals surface area contributed by atoms with Gasteiger partial charge in [0, 0.05) is 17.4 Å². The molecule has 0 aromatic heterocycles. The summed E-state index contributed by atoms with van der Waals surface area (Å²) in [6, 6.07) is 5.59. The fourth-order valence-electron chi connectivity index (χ4n) is 1.66. The van der Waals surface area contributed by atoms with Crippen LogP contribution in [-0.2, 0) is 0 Å². The number of alkyl halides is 1. The van der Waals surface area contributed by atoms with Crippen molar-refractivity contribution in [2.24, 2.45) is 5.41 Å². The lowest BCUT2D eigenvalue weighted by Gasteiger charge is -2.24. The van der Waals surface area contributed by atoms with Gasteiger partial charge in [0.2, 0.25) is 0 Å². The number of amides is 1. The van der Waals surface area contributed by atoms with Crippen LogP contribution in [0.5, 0.6) is 0 Å². The molecule has 0 radical (unpaired) electrons. The molecule has 1 aromatic rings. The van der Waals surface area contributed by atoms with Gasteiger partial charge in [0.05, 0.1) is 0 Å².